The number of hydrogen-bond acceptors (Lipinski definition) is 5. The minimum absolute atomic E-state index is 0.0291. The van der Waals surface area contributed by atoms with Crippen LogP contribution in [0.15, 0.2) is 41.3 Å². The maximum Gasteiger partial charge on any atom is 0.294 e. The number of hydrogen-bond donors (Lipinski definition) is 2. The summed E-state index contributed by atoms with van der Waals surface area (Å²) in [6.45, 7) is -0.0291. The van der Waals surface area contributed by atoms with Gasteiger partial charge >= 0.3 is 0 Å². The predicted octanol–water partition coefficient (Wildman–Crippen LogP) is 1.74. The zero-order chi connectivity index (χ0) is 16.4. The third kappa shape index (κ3) is 4.41. The standard InChI is InChI=1S/C13H14O7S2/c14-21(15,16)7-3-6-20-13-9-11(22(17,18)19)8-10-4-1-2-5-12(10)13/h1-2,4-5,8-9H,3,6-7H2,(H,14,15,16)(H,17,18,19). The van der Waals surface area contributed by atoms with Crippen LogP contribution in [0.5, 0.6) is 5.75 Å². The van der Waals surface area contributed by atoms with Gasteiger partial charge in [0.2, 0.25) is 0 Å². The van der Waals surface area contributed by atoms with Gasteiger partial charge in [0.25, 0.3) is 20.2 Å². The van der Waals surface area contributed by atoms with E-state index in [4.69, 9.17) is 13.8 Å². The average molecular weight is 346 g/mol. The van der Waals surface area contributed by atoms with E-state index >= 15 is 0 Å². The number of ether oxygens (including phenoxy) is 1. The van der Waals surface area contributed by atoms with Gasteiger partial charge in [0.15, 0.2) is 0 Å². The van der Waals surface area contributed by atoms with Crippen molar-refractivity contribution in [2.24, 2.45) is 0 Å². The molecule has 0 aliphatic carbocycles. The zero-order valence-electron chi connectivity index (χ0n) is 11.3. The molecule has 7 nitrogen and oxygen atoms in total. The summed E-state index contributed by atoms with van der Waals surface area (Å²) in [6, 6.07) is 9.30. The lowest BCUT2D eigenvalue weighted by Crippen LogP contribution is -2.09. The van der Waals surface area contributed by atoms with Gasteiger partial charge in [-0.05, 0) is 17.9 Å². The van der Waals surface area contributed by atoms with Crippen molar-refractivity contribution >= 4 is 31.0 Å². The van der Waals surface area contributed by atoms with Crippen molar-refractivity contribution in [3.63, 3.8) is 0 Å². The summed E-state index contributed by atoms with van der Waals surface area (Å²) in [4.78, 5) is -0.309. The summed E-state index contributed by atoms with van der Waals surface area (Å²) in [6.07, 6.45) is 0.0449. The van der Waals surface area contributed by atoms with Crippen LogP contribution in [0.1, 0.15) is 6.42 Å². The van der Waals surface area contributed by atoms with E-state index in [1.54, 1.807) is 24.3 Å². The molecule has 2 rings (SSSR count). The van der Waals surface area contributed by atoms with E-state index in [1.807, 2.05) is 0 Å². The Balaban J connectivity index is 2.31. The fourth-order valence-corrected chi connectivity index (χ4v) is 2.96. The molecule has 0 aromatic heterocycles. The van der Waals surface area contributed by atoms with Crippen LogP contribution in [0.25, 0.3) is 10.8 Å². The van der Waals surface area contributed by atoms with Crippen LogP contribution in [0.4, 0.5) is 0 Å². The molecule has 0 amide bonds. The molecule has 0 unspecified atom stereocenters. The SMILES string of the molecule is O=S(=O)(O)CCCOc1cc(S(=O)(=O)O)cc2ccccc12. The van der Waals surface area contributed by atoms with E-state index in [1.165, 1.54) is 12.1 Å². The molecule has 2 N–H and O–H groups in total. The maximum absolute atomic E-state index is 11.3. The minimum Gasteiger partial charge on any atom is -0.493 e. The van der Waals surface area contributed by atoms with Crippen molar-refractivity contribution < 1.29 is 30.7 Å². The predicted molar refractivity (Wildman–Crippen MR) is 80.3 cm³/mol. The lowest BCUT2D eigenvalue weighted by Gasteiger charge is -2.10. The van der Waals surface area contributed by atoms with Crippen LogP contribution in [-0.4, -0.2) is 38.3 Å². The second kappa shape index (κ2) is 6.21. The smallest absolute Gasteiger partial charge is 0.294 e. The van der Waals surface area contributed by atoms with Crippen molar-refractivity contribution in [2.45, 2.75) is 11.3 Å². The summed E-state index contributed by atoms with van der Waals surface area (Å²) >= 11 is 0. The molecule has 0 heterocycles. The molecule has 0 fully saturated rings. The van der Waals surface area contributed by atoms with Gasteiger partial charge in [0, 0.05) is 11.5 Å². The lowest BCUT2D eigenvalue weighted by molar-refractivity contribution is 0.319. The molecule has 120 valence electrons. The van der Waals surface area contributed by atoms with Crippen LogP contribution in [0.3, 0.4) is 0 Å². The van der Waals surface area contributed by atoms with Crippen LogP contribution < -0.4 is 4.74 Å². The Bertz CT molecular complexity index is 886. The van der Waals surface area contributed by atoms with Crippen LogP contribution >= 0.6 is 0 Å². The quantitative estimate of drug-likeness (QED) is 0.604. The molecule has 9 heteroatoms. The maximum atomic E-state index is 11.3. The molecule has 0 spiro atoms. The summed E-state index contributed by atoms with van der Waals surface area (Å²) in [5, 5.41) is 1.18. The molecule has 0 radical (unpaired) electrons. The van der Waals surface area contributed by atoms with Crippen LogP contribution in [0.2, 0.25) is 0 Å². The Labute approximate surface area is 128 Å². The van der Waals surface area contributed by atoms with Gasteiger partial charge < -0.3 is 4.74 Å². The summed E-state index contributed by atoms with van der Waals surface area (Å²) in [5.41, 5.74) is 0. The second-order valence-electron chi connectivity index (χ2n) is 4.61. The number of fused-ring (bicyclic) bond motifs is 1. The highest BCUT2D eigenvalue weighted by Gasteiger charge is 2.14. The molecular formula is C13H14O7S2. The molecule has 0 aliphatic rings. The van der Waals surface area contributed by atoms with Crippen LogP contribution in [0, 0.1) is 0 Å². The van der Waals surface area contributed by atoms with Crippen molar-refractivity contribution in [1.82, 2.24) is 0 Å². The van der Waals surface area contributed by atoms with E-state index in [-0.39, 0.29) is 23.7 Å². The van der Waals surface area contributed by atoms with Gasteiger partial charge in [-0.3, -0.25) is 9.11 Å². The lowest BCUT2D eigenvalue weighted by atomic mass is 10.1. The van der Waals surface area contributed by atoms with Crippen LogP contribution in [-0.2, 0) is 20.2 Å². The molecule has 0 saturated heterocycles. The zero-order valence-corrected chi connectivity index (χ0v) is 13.0. The molecule has 2 aromatic carbocycles. The normalized spacial score (nSPS) is 12.5. The molecule has 0 aliphatic heterocycles. The first-order valence-electron chi connectivity index (χ1n) is 6.25. The highest BCUT2D eigenvalue weighted by atomic mass is 32.2. The Morgan fingerprint density at radius 3 is 2.32 bits per heavy atom. The van der Waals surface area contributed by atoms with Gasteiger partial charge in [-0.2, -0.15) is 16.8 Å². The van der Waals surface area contributed by atoms with Gasteiger partial charge in [0.1, 0.15) is 5.75 Å². The molecular weight excluding hydrogens is 332 g/mol. The third-order valence-corrected chi connectivity index (χ3v) is 4.54. The van der Waals surface area contributed by atoms with E-state index in [0.29, 0.717) is 10.8 Å². The summed E-state index contributed by atoms with van der Waals surface area (Å²) < 4.78 is 67.0. The van der Waals surface area contributed by atoms with E-state index < -0.39 is 26.0 Å². The Morgan fingerprint density at radius 2 is 1.68 bits per heavy atom. The molecule has 22 heavy (non-hydrogen) atoms. The largest absolute Gasteiger partial charge is 0.493 e. The highest BCUT2D eigenvalue weighted by molar-refractivity contribution is 7.86. The Hall–Kier alpha value is -1.68. The Kier molecular flexibility index (Phi) is 4.71. The molecule has 0 saturated carbocycles. The van der Waals surface area contributed by atoms with E-state index in [9.17, 15) is 16.8 Å². The fourth-order valence-electron chi connectivity index (χ4n) is 1.94. The van der Waals surface area contributed by atoms with Gasteiger partial charge in [-0.1, -0.05) is 24.3 Å². The third-order valence-electron chi connectivity index (χ3n) is 2.90. The van der Waals surface area contributed by atoms with Crippen molar-refractivity contribution in [3.05, 3.63) is 36.4 Å². The Morgan fingerprint density at radius 1 is 1.00 bits per heavy atom. The summed E-state index contributed by atoms with van der Waals surface area (Å²) in [7, 11) is -8.45. The molecule has 0 bridgehead atoms. The first-order chi connectivity index (χ1) is 10.2. The van der Waals surface area contributed by atoms with Gasteiger partial charge in [0.05, 0.1) is 17.3 Å². The van der Waals surface area contributed by atoms with E-state index in [2.05, 4.69) is 0 Å². The topological polar surface area (TPSA) is 118 Å². The monoisotopic (exact) mass is 346 g/mol. The fraction of sp³-hybridized carbons (Fsp3) is 0.231. The minimum atomic E-state index is -4.39. The molecule has 0 atom stereocenters. The molecule has 2 aromatic rings. The second-order valence-corrected chi connectivity index (χ2v) is 7.60. The van der Waals surface area contributed by atoms with Gasteiger partial charge in [-0.25, -0.2) is 0 Å². The average Bonchev–Trinajstić information content (AvgIpc) is 2.41. The highest BCUT2D eigenvalue weighted by Crippen LogP contribution is 2.29. The number of rotatable bonds is 6. The summed E-state index contributed by atoms with van der Waals surface area (Å²) in [5.74, 6) is -0.246. The van der Waals surface area contributed by atoms with Crippen molar-refractivity contribution in [1.29, 1.82) is 0 Å². The van der Waals surface area contributed by atoms with Gasteiger partial charge in [-0.15, -0.1) is 0 Å². The first-order valence-corrected chi connectivity index (χ1v) is 9.30. The number of benzene rings is 2. The van der Waals surface area contributed by atoms with E-state index in [0.717, 1.165) is 0 Å². The first kappa shape index (κ1) is 16.7. The van der Waals surface area contributed by atoms with Crippen molar-refractivity contribution in [3.8, 4) is 5.75 Å². The van der Waals surface area contributed by atoms with Crippen molar-refractivity contribution in [2.75, 3.05) is 12.4 Å².